The van der Waals surface area contributed by atoms with E-state index in [-0.39, 0.29) is 0 Å². The zero-order valence-electron chi connectivity index (χ0n) is 13.5. The highest BCUT2D eigenvalue weighted by atomic mass is 79.9. The maximum atomic E-state index is 4.51. The summed E-state index contributed by atoms with van der Waals surface area (Å²) in [5.74, 6) is 0. The molecule has 0 saturated carbocycles. The van der Waals surface area contributed by atoms with Gasteiger partial charge in [0.1, 0.15) is 0 Å². The molecule has 0 amide bonds. The lowest BCUT2D eigenvalue weighted by Crippen LogP contribution is -2.67. The summed E-state index contributed by atoms with van der Waals surface area (Å²) in [7, 11) is 0. The average molecular weight is 372 g/mol. The Labute approximate surface area is 146 Å². The number of pyridine rings is 1. The topological polar surface area (TPSA) is 19.4 Å². The second-order valence-electron chi connectivity index (χ2n) is 6.87. The summed E-state index contributed by atoms with van der Waals surface area (Å²) in [6, 6.07) is 14.5. The van der Waals surface area contributed by atoms with Gasteiger partial charge in [0, 0.05) is 48.9 Å². The van der Waals surface area contributed by atoms with Crippen molar-refractivity contribution in [3.05, 3.63) is 63.9 Å². The highest BCUT2D eigenvalue weighted by Crippen LogP contribution is 2.34. The van der Waals surface area contributed by atoms with Gasteiger partial charge in [-0.05, 0) is 47.0 Å². The smallest absolute Gasteiger partial charge is 0.0544 e. The van der Waals surface area contributed by atoms with Crippen LogP contribution in [0.3, 0.4) is 0 Å². The maximum Gasteiger partial charge on any atom is 0.0544 e. The summed E-state index contributed by atoms with van der Waals surface area (Å²) >= 11 is 3.45. The zero-order chi connectivity index (χ0) is 15.8. The van der Waals surface area contributed by atoms with Gasteiger partial charge in [-0.15, -0.1) is 0 Å². The normalized spacial score (nSPS) is 24.4. The number of hydrogen-bond donors (Lipinski definition) is 0. The molecule has 2 aromatic rings. The predicted molar refractivity (Wildman–Crippen MR) is 96.1 cm³/mol. The van der Waals surface area contributed by atoms with Crippen LogP contribution in [0.15, 0.2) is 47.1 Å². The van der Waals surface area contributed by atoms with Crippen molar-refractivity contribution in [2.24, 2.45) is 0 Å². The number of piperazine rings is 1. The number of nitrogens with zero attached hydrogens (tertiary/aromatic N) is 3. The lowest BCUT2D eigenvalue weighted by Gasteiger charge is -2.56. The summed E-state index contributed by atoms with van der Waals surface area (Å²) in [5, 5.41) is 0. The number of hydrogen-bond acceptors (Lipinski definition) is 3. The molecule has 2 bridgehead atoms. The Morgan fingerprint density at radius 2 is 1.96 bits per heavy atom. The molecule has 0 N–H and O–H groups in total. The first-order chi connectivity index (χ1) is 11.2. The third kappa shape index (κ3) is 3.35. The van der Waals surface area contributed by atoms with E-state index in [9.17, 15) is 0 Å². The van der Waals surface area contributed by atoms with Gasteiger partial charge < -0.3 is 0 Å². The van der Waals surface area contributed by atoms with Crippen LogP contribution in [0.4, 0.5) is 0 Å². The van der Waals surface area contributed by atoms with Gasteiger partial charge in [-0.3, -0.25) is 14.8 Å². The lowest BCUT2D eigenvalue weighted by atomic mass is 9.86. The third-order valence-electron chi connectivity index (χ3n) is 5.04. The molecule has 2 unspecified atom stereocenters. The Kier molecular flexibility index (Phi) is 4.22. The standard InChI is InChI=1S/C19H22BrN3/c1-14-3-2-4-15(7-14)10-23-18-8-19(23)13-22(12-18)11-17-6-5-16(20)9-21-17/h2-7,9,18-19H,8,10-13H2,1H3. The van der Waals surface area contributed by atoms with E-state index in [0.717, 1.165) is 17.6 Å². The van der Waals surface area contributed by atoms with Gasteiger partial charge in [0.15, 0.2) is 0 Å². The maximum absolute atomic E-state index is 4.51. The van der Waals surface area contributed by atoms with Crippen LogP contribution in [0.5, 0.6) is 0 Å². The Balaban J connectivity index is 1.35. The molecule has 3 aliphatic rings. The average Bonchev–Trinajstić information content (AvgIpc) is 2.55. The largest absolute Gasteiger partial charge is 0.294 e. The molecule has 3 saturated heterocycles. The summed E-state index contributed by atoms with van der Waals surface area (Å²) in [4.78, 5) is 9.74. The SMILES string of the molecule is Cc1cccc(CN2C3CC2CN(Cc2ccc(Br)cn2)C3)c1. The number of fused-ring (bicyclic) bond motifs is 2. The van der Waals surface area contributed by atoms with E-state index in [2.05, 4.69) is 74.0 Å². The molecule has 1 aromatic carbocycles. The third-order valence-corrected chi connectivity index (χ3v) is 5.51. The number of piperidine rings is 1. The van der Waals surface area contributed by atoms with Crippen molar-refractivity contribution in [1.82, 2.24) is 14.8 Å². The van der Waals surface area contributed by atoms with Crippen molar-refractivity contribution >= 4 is 15.9 Å². The van der Waals surface area contributed by atoms with Crippen LogP contribution in [0.2, 0.25) is 0 Å². The first-order valence-corrected chi connectivity index (χ1v) is 9.11. The number of halogens is 1. The molecule has 3 aliphatic heterocycles. The molecule has 5 rings (SSSR count). The van der Waals surface area contributed by atoms with Gasteiger partial charge >= 0.3 is 0 Å². The fourth-order valence-corrected chi connectivity index (χ4v) is 4.15. The monoisotopic (exact) mass is 371 g/mol. The summed E-state index contributed by atoms with van der Waals surface area (Å²) in [6.45, 7) is 6.58. The Hall–Kier alpha value is -1.23. The van der Waals surface area contributed by atoms with Crippen LogP contribution < -0.4 is 0 Å². The quantitative estimate of drug-likeness (QED) is 0.818. The molecular weight excluding hydrogens is 350 g/mol. The molecule has 0 radical (unpaired) electrons. The zero-order valence-corrected chi connectivity index (χ0v) is 15.0. The van der Waals surface area contributed by atoms with E-state index in [1.54, 1.807) is 0 Å². The highest BCUT2D eigenvalue weighted by Gasteiger charge is 2.44. The predicted octanol–water partition coefficient (Wildman–Crippen LogP) is 3.61. The van der Waals surface area contributed by atoms with E-state index >= 15 is 0 Å². The van der Waals surface area contributed by atoms with E-state index in [0.29, 0.717) is 12.1 Å². The molecule has 3 nitrogen and oxygen atoms in total. The summed E-state index contributed by atoms with van der Waals surface area (Å²) < 4.78 is 1.05. The van der Waals surface area contributed by atoms with Crippen LogP contribution in [0, 0.1) is 6.92 Å². The fraction of sp³-hybridized carbons (Fsp3) is 0.421. The fourth-order valence-electron chi connectivity index (χ4n) is 3.91. The minimum atomic E-state index is 0.713. The minimum absolute atomic E-state index is 0.713. The number of aryl methyl sites for hydroxylation is 1. The highest BCUT2D eigenvalue weighted by molar-refractivity contribution is 9.10. The Morgan fingerprint density at radius 3 is 2.65 bits per heavy atom. The summed E-state index contributed by atoms with van der Waals surface area (Å²) in [6.07, 6.45) is 3.25. The van der Waals surface area contributed by atoms with Gasteiger partial charge in [0.2, 0.25) is 0 Å². The first kappa shape index (κ1) is 15.3. The second-order valence-corrected chi connectivity index (χ2v) is 7.78. The second kappa shape index (κ2) is 6.34. The van der Waals surface area contributed by atoms with Crippen LogP contribution in [-0.2, 0) is 13.1 Å². The molecule has 120 valence electrons. The Bertz CT molecular complexity index is 673. The van der Waals surface area contributed by atoms with E-state index < -0.39 is 0 Å². The van der Waals surface area contributed by atoms with Crippen molar-refractivity contribution in [2.75, 3.05) is 13.1 Å². The number of benzene rings is 1. The van der Waals surface area contributed by atoms with Crippen LogP contribution in [-0.4, -0.2) is 40.0 Å². The van der Waals surface area contributed by atoms with Crippen LogP contribution in [0.1, 0.15) is 23.2 Å². The minimum Gasteiger partial charge on any atom is -0.294 e. The van der Waals surface area contributed by atoms with Crippen molar-refractivity contribution < 1.29 is 0 Å². The van der Waals surface area contributed by atoms with Crippen molar-refractivity contribution in [1.29, 1.82) is 0 Å². The van der Waals surface area contributed by atoms with E-state index in [1.165, 1.54) is 36.3 Å². The van der Waals surface area contributed by atoms with Crippen molar-refractivity contribution in [3.63, 3.8) is 0 Å². The Morgan fingerprint density at radius 1 is 1.13 bits per heavy atom. The van der Waals surface area contributed by atoms with Gasteiger partial charge in [-0.1, -0.05) is 29.8 Å². The van der Waals surface area contributed by atoms with Gasteiger partial charge in [0.25, 0.3) is 0 Å². The van der Waals surface area contributed by atoms with Crippen LogP contribution >= 0.6 is 15.9 Å². The first-order valence-electron chi connectivity index (χ1n) is 8.31. The number of aromatic nitrogens is 1. The van der Waals surface area contributed by atoms with Crippen molar-refractivity contribution in [2.45, 2.75) is 38.5 Å². The molecule has 23 heavy (non-hydrogen) atoms. The van der Waals surface area contributed by atoms with Crippen LogP contribution in [0.25, 0.3) is 0 Å². The summed E-state index contributed by atoms with van der Waals surface area (Å²) in [5.41, 5.74) is 3.97. The molecule has 2 atom stereocenters. The molecule has 0 aliphatic carbocycles. The van der Waals surface area contributed by atoms with E-state index in [1.807, 2.05) is 6.20 Å². The van der Waals surface area contributed by atoms with E-state index in [4.69, 9.17) is 0 Å². The molecule has 4 heteroatoms. The molecular formula is C19H22BrN3. The van der Waals surface area contributed by atoms with Gasteiger partial charge in [-0.2, -0.15) is 0 Å². The number of rotatable bonds is 4. The molecule has 1 aromatic heterocycles. The van der Waals surface area contributed by atoms with Gasteiger partial charge in [-0.25, -0.2) is 0 Å². The van der Waals surface area contributed by atoms with Gasteiger partial charge in [0.05, 0.1) is 5.69 Å². The molecule has 4 heterocycles. The molecule has 0 spiro atoms. The van der Waals surface area contributed by atoms with Crippen molar-refractivity contribution in [3.8, 4) is 0 Å². The lowest BCUT2D eigenvalue weighted by molar-refractivity contribution is -0.0777. The molecule has 3 fully saturated rings.